The summed E-state index contributed by atoms with van der Waals surface area (Å²) in [7, 11) is 4.32. The molecule has 1 heterocycles. The Labute approximate surface area is 131 Å². The second-order valence-corrected chi connectivity index (χ2v) is 6.30. The number of fused-ring (bicyclic) bond motifs is 2. The number of nitrogens with zero attached hydrogens (tertiary/aromatic N) is 1. The lowest BCUT2D eigenvalue weighted by Gasteiger charge is -2.22. The van der Waals surface area contributed by atoms with Gasteiger partial charge in [0, 0.05) is 12.0 Å². The van der Waals surface area contributed by atoms with Crippen LogP contribution in [0.1, 0.15) is 35.1 Å². The van der Waals surface area contributed by atoms with E-state index in [1.807, 2.05) is 0 Å². The molecule has 2 aromatic rings. The minimum atomic E-state index is 0.430. The fourth-order valence-corrected chi connectivity index (χ4v) is 3.69. The van der Waals surface area contributed by atoms with E-state index in [9.17, 15) is 0 Å². The maximum atomic E-state index is 5.75. The number of benzene rings is 2. The third-order valence-electron chi connectivity index (χ3n) is 4.78. The Morgan fingerprint density at radius 3 is 2.41 bits per heavy atom. The summed E-state index contributed by atoms with van der Waals surface area (Å²) in [5, 5.41) is 0. The first-order valence-electron chi connectivity index (χ1n) is 7.89. The number of hydrogen-bond acceptors (Lipinski definition) is 3. The average molecular weight is 295 g/mol. The summed E-state index contributed by atoms with van der Waals surface area (Å²) in [6.07, 6.45) is 1.12. The van der Waals surface area contributed by atoms with E-state index in [0.29, 0.717) is 25.2 Å². The SMILES string of the molecule is CN(C)C1CC(c2ccc3c(c2)OCCO3)c2ccccc21. The van der Waals surface area contributed by atoms with Crippen LogP contribution in [0.2, 0.25) is 0 Å². The summed E-state index contributed by atoms with van der Waals surface area (Å²) in [4.78, 5) is 2.32. The molecule has 0 saturated carbocycles. The smallest absolute Gasteiger partial charge is 0.161 e. The summed E-state index contributed by atoms with van der Waals surface area (Å²) < 4.78 is 11.4. The minimum absolute atomic E-state index is 0.430. The van der Waals surface area contributed by atoms with Gasteiger partial charge >= 0.3 is 0 Å². The molecule has 0 saturated heterocycles. The highest BCUT2D eigenvalue weighted by Crippen LogP contribution is 2.47. The zero-order valence-corrected chi connectivity index (χ0v) is 13.1. The minimum Gasteiger partial charge on any atom is -0.486 e. The molecule has 0 spiro atoms. The van der Waals surface area contributed by atoms with Crippen molar-refractivity contribution in [1.29, 1.82) is 0 Å². The summed E-state index contributed by atoms with van der Waals surface area (Å²) in [5.74, 6) is 2.18. The van der Waals surface area contributed by atoms with Gasteiger partial charge in [0.2, 0.25) is 0 Å². The van der Waals surface area contributed by atoms with Gasteiger partial charge < -0.3 is 14.4 Å². The van der Waals surface area contributed by atoms with Gasteiger partial charge in [-0.2, -0.15) is 0 Å². The molecule has 2 aromatic carbocycles. The molecule has 22 heavy (non-hydrogen) atoms. The summed E-state index contributed by atoms with van der Waals surface area (Å²) in [6, 6.07) is 15.7. The van der Waals surface area contributed by atoms with Crippen LogP contribution in [0.4, 0.5) is 0 Å². The van der Waals surface area contributed by atoms with E-state index in [1.165, 1.54) is 16.7 Å². The Balaban J connectivity index is 1.74. The van der Waals surface area contributed by atoms with Gasteiger partial charge in [0.15, 0.2) is 11.5 Å². The van der Waals surface area contributed by atoms with Crippen LogP contribution >= 0.6 is 0 Å². The second kappa shape index (κ2) is 5.33. The largest absolute Gasteiger partial charge is 0.486 e. The van der Waals surface area contributed by atoms with Crippen LogP contribution in [-0.4, -0.2) is 32.2 Å². The first-order valence-corrected chi connectivity index (χ1v) is 7.89. The molecule has 0 aromatic heterocycles. The molecule has 3 heteroatoms. The predicted molar refractivity (Wildman–Crippen MR) is 86.8 cm³/mol. The van der Waals surface area contributed by atoms with E-state index in [4.69, 9.17) is 9.47 Å². The Morgan fingerprint density at radius 2 is 1.64 bits per heavy atom. The van der Waals surface area contributed by atoms with Gasteiger partial charge in [0.1, 0.15) is 13.2 Å². The lowest BCUT2D eigenvalue weighted by Crippen LogP contribution is -2.17. The molecule has 0 N–H and O–H groups in total. The van der Waals surface area contributed by atoms with Crippen LogP contribution in [0.25, 0.3) is 0 Å². The van der Waals surface area contributed by atoms with Gasteiger partial charge in [0.05, 0.1) is 0 Å². The molecule has 4 rings (SSSR count). The van der Waals surface area contributed by atoms with E-state index >= 15 is 0 Å². The molecule has 1 aliphatic heterocycles. The van der Waals surface area contributed by atoms with Crippen molar-refractivity contribution < 1.29 is 9.47 Å². The van der Waals surface area contributed by atoms with Crippen LogP contribution in [0.5, 0.6) is 11.5 Å². The van der Waals surface area contributed by atoms with E-state index in [-0.39, 0.29) is 0 Å². The fourth-order valence-electron chi connectivity index (χ4n) is 3.69. The van der Waals surface area contributed by atoms with Crippen molar-refractivity contribution >= 4 is 0 Å². The summed E-state index contributed by atoms with van der Waals surface area (Å²) >= 11 is 0. The van der Waals surface area contributed by atoms with Crippen LogP contribution in [-0.2, 0) is 0 Å². The first-order chi connectivity index (χ1) is 10.7. The highest BCUT2D eigenvalue weighted by molar-refractivity contribution is 5.50. The maximum Gasteiger partial charge on any atom is 0.161 e. The fraction of sp³-hybridized carbons (Fsp3) is 0.368. The Morgan fingerprint density at radius 1 is 0.909 bits per heavy atom. The number of hydrogen-bond donors (Lipinski definition) is 0. The molecule has 0 radical (unpaired) electrons. The van der Waals surface area contributed by atoms with Crippen molar-refractivity contribution in [3.8, 4) is 11.5 Å². The molecule has 2 unspecified atom stereocenters. The van der Waals surface area contributed by atoms with Crippen molar-refractivity contribution in [2.75, 3.05) is 27.3 Å². The van der Waals surface area contributed by atoms with Crippen LogP contribution in [0.3, 0.4) is 0 Å². The third kappa shape index (κ3) is 2.17. The molecule has 3 nitrogen and oxygen atoms in total. The monoisotopic (exact) mass is 295 g/mol. The molecule has 0 fully saturated rings. The lowest BCUT2D eigenvalue weighted by molar-refractivity contribution is 0.171. The average Bonchev–Trinajstić information content (AvgIpc) is 2.94. The molecular formula is C19H21NO2. The van der Waals surface area contributed by atoms with E-state index in [1.54, 1.807) is 0 Å². The second-order valence-electron chi connectivity index (χ2n) is 6.30. The Bertz CT molecular complexity index is 696. The third-order valence-corrected chi connectivity index (χ3v) is 4.78. The van der Waals surface area contributed by atoms with Gasteiger partial charge in [-0.25, -0.2) is 0 Å². The highest BCUT2D eigenvalue weighted by Gasteiger charge is 2.33. The standard InChI is InChI=1S/C19H21NO2/c1-20(2)17-12-16(14-5-3-4-6-15(14)17)13-7-8-18-19(11-13)22-10-9-21-18/h3-8,11,16-17H,9-10,12H2,1-2H3. The molecule has 0 bridgehead atoms. The summed E-state index contributed by atoms with van der Waals surface area (Å²) in [5.41, 5.74) is 4.21. The van der Waals surface area contributed by atoms with Crippen molar-refractivity contribution in [2.45, 2.75) is 18.4 Å². The topological polar surface area (TPSA) is 21.7 Å². The van der Waals surface area contributed by atoms with Crippen molar-refractivity contribution in [3.63, 3.8) is 0 Å². The van der Waals surface area contributed by atoms with Crippen molar-refractivity contribution in [3.05, 3.63) is 59.2 Å². The van der Waals surface area contributed by atoms with Crippen molar-refractivity contribution in [1.82, 2.24) is 4.90 Å². The van der Waals surface area contributed by atoms with Gasteiger partial charge in [-0.05, 0) is 49.3 Å². The lowest BCUT2D eigenvalue weighted by atomic mass is 9.92. The molecule has 114 valence electrons. The van der Waals surface area contributed by atoms with Gasteiger partial charge in [-0.3, -0.25) is 0 Å². The molecule has 1 aliphatic carbocycles. The molecule has 0 amide bonds. The van der Waals surface area contributed by atoms with Crippen molar-refractivity contribution in [2.24, 2.45) is 0 Å². The predicted octanol–water partition coefficient (Wildman–Crippen LogP) is 3.60. The Hall–Kier alpha value is -2.00. The zero-order chi connectivity index (χ0) is 15.1. The quantitative estimate of drug-likeness (QED) is 0.845. The van der Waals surface area contributed by atoms with Crippen LogP contribution in [0.15, 0.2) is 42.5 Å². The van der Waals surface area contributed by atoms with E-state index in [2.05, 4.69) is 61.5 Å². The zero-order valence-electron chi connectivity index (χ0n) is 13.1. The van der Waals surface area contributed by atoms with Gasteiger partial charge in [0.25, 0.3) is 0 Å². The highest BCUT2D eigenvalue weighted by atomic mass is 16.6. The number of ether oxygens (including phenoxy) is 2. The molecule has 2 aliphatic rings. The summed E-state index contributed by atoms with van der Waals surface area (Å²) in [6.45, 7) is 1.28. The number of rotatable bonds is 2. The maximum absolute atomic E-state index is 5.75. The Kier molecular flexibility index (Phi) is 3.30. The van der Waals surface area contributed by atoms with E-state index in [0.717, 1.165) is 17.9 Å². The van der Waals surface area contributed by atoms with Gasteiger partial charge in [-0.15, -0.1) is 0 Å². The molecule has 2 atom stereocenters. The normalized spacial score (nSPS) is 22.7. The first kappa shape index (κ1) is 13.6. The van der Waals surface area contributed by atoms with Crippen LogP contribution < -0.4 is 9.47 Å². The van der Waals surface area contributed by atoms with Crippen LogP contribution in [0, 0.1) is 0 Å². The van der Waals surface area contributed by atoms with Gasteiger partial charge in [-0.1, -0.05) is 30.3 Å². The molecular weight excluding hydrogens is 274 g/mol. The van der Waals surface area contributed by atoms with E-state index < -0.39 is 0 Å².